The Bertz CT molecular complexity index is 2160. The lowest BCUT2D eigenvalue weighted by atomic mass is 9.54. The molecule has 49 heavy (non-hydrogen) atoms. The van der Waals surface area contributed by atoms with E-state index in [1.54, 1.807) is 11.1 Å². The van der Waals surface area contributed by atoms with E-state index < -0.39 is 0 Å². The number of hydrogen-bond acceptors (Lipinski definition) is 1. The zero-order chi connectivity index (χ0) is 33.2. The van der Waals surface area contributed by atoms with Gasteiger partial charge in [0, 0.05) is 22.6 Å². The first-order valence-corrected chi connectivity index (χ1v) is 17.8. The van der Waals surface area contributed by atoms with Gasteiger partial charge in [-0.3, -0.25) is 4.99 Å². The first-order chi connectivity index (χ1) is 24.0. The number of aliphatic imine (C=N–C) groups is 1. The summed E-state index contributed by atoms with van der Waals surface area (Å²) in [6.45, 7) is 9.33. The van der Waals surface area contributed by atoms with Gasteiger partial charge >= 0.3 is 0 Å². The van der Waals surface area contributed by atoms with Crippen LogP contribution in [0.15, 0.2) is 174 Å². The molecule has 1 spiro atoms. The molecule has 4 aliphatic carbocycles. The summed E-state index contributed by atoms with van der Waals surface area (Å²) in [5.74, 6) is 0.197. The quantitative estimate of drug-likeness (QED) is 0.171. The van der Waals surface area contributed by atoms with Crippen molar-refractivity contribution in [1.29, 1.82) is 0 Å². The highest BCUT2D eigenvalue weighted by Crippen LogP contribution is 2.72. The van der Waals surface area contributed by atoms with E-state index in [2.05, 4.69) is 166 Å². The molecule has 1 nitrogen and oxygen atoms in total. The molecule has 2 unspecified atom stereocenters. The Labute approximate surface area is 290 Å². The van der Waals surface area contributed by atoms with Crippen LogP contribution >= 0.6 is 0 Å². The van der Waals surface area contributed by atoms with Crippen molar-refractivity contribution < 1.29 is 0 Å². The highest BCUT2D eigenvalue weighted by atomic mass is 14.8. The molecule has 0 fully saturated rings. The summed E-state index contributed by atoms with van der Waals surface area (Å²) in [4.78, 5) is 5.30. The highest BCUT2D eigenvalue weighted by Gasteiger charge is 2.63. The summed E-state index contributed by atoms with van der Waals surface area (Å²) in [5.41, 5.74) is 17.9. The number of fused-ring (bicyclic) bond motifs is 9. The third-order valence-corrected chi connectivity index (χ3v) is 11.9. The average Bonchev–Trinajstić information content (AvgIpc) is 3.59. The average molecular weight is 632 g/mol. The second-order valence-electron chi connectivity index (χ2n) is 14.5. The van der Waals surface area contributed by atoms with Crippen molar-refractivity contribution >= 4 is 11.4 Å². The Morgan fingerprint density at radius 3 is 1.90 bits per heavy atom. The normalized spacial score (nSPS) is 21.6. The molecule has 0 aliphatic heterocycles. The second kappa shape index (κ2) is 11.4. The van der Waals surface area contributed by atoms with E-state index in [4.69, 9.17) is 4.99 Å². The molecule has 0 N–H and O–H groups in total. The lowest BCUT2D eigenvalue weighted by Gasteiger charge is -2.47. The van der Waals surface area contributed by atoms with Crippen LogP contribution in [-0.4, -0.2) is 5.71 Å². The highest BCUT2D eigenvalue weighted by molar-refractivity contribution is 5.94. The largest absolute Gasteiger partial charge is 0.258 e. The van der Waals surface area contributed by atoms with Gasteiger partial charge in [-0.15, -0.1) is 0 Å². The van der Waals surface area contributed by atoms with E-state index in [9.17, 15) is 0 Å². The SMILES string of the molecule is C=C(N=C(C)C1C=CC2=C(C1)C1(c3ccccc3-c3ccccc31)C1(C)CCCC=C21)c1cc(-c2ccccc2)cc(-c2ccccc2)c1. The molecule has 0 saturated carbocycles. The summed E-state index contributed by atoms with van der Waals surface area (Å²) < 4.78 is 0. The summed E-state index contributed by atoms with van der Waals surface area (Å²) in [6, 6.07) is 46.5. The minimum absolute atomic E-state index is 0.0121. The Morgan fingerprint density at radius 1 is 0.714 bits per heavy atom. The fourth-order valence-corrected chi connectivity index (χ4v) is 9.70. The zero-order valence-corrected chi connectivity index (χ0v) is 28.4. The van der Waals surface area contributed by atoms with Crippen LogP contribution in [0.5, 0.6) is 0 Å². The van der Waals surface area contributed by atoms with Crippen molar-refractivity contribution in [3.05, 3.63) is 186 Å². The molecule has 0 amide bonds. The molecule has 4 aliphatic rings. The Balaban J connectivity index is 1.12. The number of benzene rings is 5. The third kappa shape index (κ3) is 4.41. The predicted octanol–water partition coefficient (Wildman–Crippen LogP) is 12.4. The van der Waals surface area contributed by atoms with Gasteiger partial charge in [0.25, 0.3) is 0 Å². The second-order valence-corrected chi connectivity index (χ2v) is 14.5. The van der Waals surface area contributed by atoms with Crippen molar-refractivity contribution in [2.24, 2.45) is 16.3 Å². The van der Waals surface area contributed by atoms with Crippen LogP contribution in [0.2, 0.25) is 0 Å². The minimum atomic E-state index is -0.170. The molecule has 9 rings (SSSR count). The summed E-state index contributed by atoms with van der Waals surface area (Å²) in [6.07, 6.45) is 12.0. The first-order valence-electron chi connectivity index (χ1n) is 17.8. The third-order valence-electron chi connectivity index (χ3n) is 11.9. The summed E-state index contributed by atoms with van der Waals surface area (Å²) >= 11 is 0. The standard InChI is InChI=1S/C48H41N/c1-32(49-33(2)37-28-38(34-16-6-4-7-17-34)30-39(29-37)35-18-8-5-9-19-35)36-25-26-42-43-22-14-15-27-47(43,3)48(46(42)31-36)44-23-12-10-20-40(44)41-21-11-13-24-45(41)48/h4-13,16-26,28-30,36H,2,14-15,27,31H2,1,3H3. The fraction of sp³-hybridized carbons (Fsp3) is 0.188. The maximum Gasteiger partial charge on any atom is 0.0630 e. The molecule has 5 aromatic rings. The van der Waals surface area contributed by atoms with Gasteiger partial charge < -0.3 is 0 Å². The topological polar surface area (TPSA) is 12.4 Å². The minimum Gasteiger partial charge on any atom is -0.258 e. The lowest BCUT2D eigenvalue weighted by Crippen LogP contribution is -2.43. The molecular weight excluding hydrogens is 591 g/mol. The Hall–Kier alpha value is -5.27. The zero-order valence-electron chi connectivity index (χ0n) is 28.4. The van der Waals surface area contributed by atoms with Gasteiger partial charge in [-0.1, -0.05) is 141 Å². The molecule has 1 heteroatoms. The summed E-state index contributed by atoms with van der Waals surface area (Å²) in [5, 5.41) is 0. The van der Waals surface area contributed by atoms with Gasteiger partial charge in [0.2, 0.25) is 0 Å². The number of allylic oxidation sites excluding steroid dienone is 6. The van der Waals surface area contributed by atoms with Crippen LogP contribution in [0.1, 0.15) is 56.2 Å². The number of hydrogen-bond donors (Lipinski definition) is 0. The lowest BCUT2D eigenvalue weighted by molar-refractivity contribution is 0.247. The van der Waals surface area contributed by atoms with Gasteiger partial charge in [0.1, 0.15) is 0 Å². The van der Waals surface area contributed by atoms with E-state index in [1.165, 1.54) is 62.9 Å². The van der Waals surface area contributed by atoms with Gasteiger partial charge in [-0.2, -0.15) is 0 Å². The van der Waals surface area contributed by atoms with Crippen molar-refractivity contribution in [1.82, 2.24) is 0 Å². The van der Waals surface area contributed by atoms with Gasteiger partial charge in [-0.05, 0) is 112 Å². The number of nitrogens with zero attached hydrogens (tertiary/aromatic N) is 1. The van der Waals surface area contributed by atoms with Crippen LogP contribution in [0.25, 0.3) is 39.1 Å². The van der Waals surface area contributed by atoms with Crippen LogP contribution in [0, 0.1) is 11.3 Å². The molecule has 5 aromatic carbocycles. The monoisotopic (exact) mass is 631 g/mol. The molecule has 0 aromatic heterocycles. The van der Waals surface area contributed by atoms with E-state index >= 15 is 0 Å². The maximum absolute atomic E-state index is 5.30. The van der Waals surface area contributed by atoms with Crippen molar-refractivity contribution in [3.8, 4) is 33.4 Å². The van der Waals surface area contributed by atoms with Crippen molar-refractivity contribution in [3.63, 3.8) is 0 Å². The van der Waals surface area contributed by atoms with E-state index in [1.807, 2.05) is 0 Å². The Kier molecular flexibility index (Phi) is 6.95. The van der Waals surface area contributed by atoms with Gasteiger partial charge in [0.05, 0.1) is 11.1 Å². The van der Waals surface area contributed by atoms with Crippen molar-refractivity contribution in [2.45, 2.75) is 44.9 Å². The summed E-state index contributed by atoms with van der Waals surface area (Å²) in [7, 11) is 0. The molecule has 0 saturated heterocycles. The van der Waals surface area contributed by atoms with Crippen molar-refractivity contribution in [2.75, 3.05) is 0 Å². The predicted molar refractivity (Wildman–Crippen MR) is 206 cm³/mol. The molecular formula is C48H41N. The van der Waals surface area contributed by atoms with E-state index in [-0.39, 0.29) is 16.7 Å². The smallest absolute Gasteiger partial charge is 0.0630 e. The molecule has 2 atom stereocenters. The molecule has 238 valence electrons. The van der Waals surface area contributed by atoms with E-state index in [0.717, 1.165) is 29.8 Å². The van der Waals surface area contributed by atoms with Crippen LogP contribution in [0.4, 0.5) is 0 Å². The number of rotatable bonds is 5. The molecule has 0 bridgehead atoms. The molecule has 0 radical (unpaired) electrons. The maximum atomic E-state index is 5.30. The Morgan fingerprint density at radius 2 is 1.29 bits per heavy atom. The molecule has 0 heterocycles. The van der Waals surface area contributed by atoms with E-state index in [0.29, 0.717) is 0 Å². The fourth-order valence-electron chi connectivity index (χ4n) is 9.70. The van der Waals surface area contributed by atoms with Gasteiger partial charge in [-0.25, -0.2) is 0 Å². The van der Waals surface area contributed by atoms with Crippen LogP contribution < -0.4 is 0 Å². The van der Waals surface area contributed by atoms with Crippen LogP contribution in [-0.2, 0) is 5.41 Å². The van der Waals surface area contributed by atoms with Crippen LogP contribution in [0.3, 0.4) is 0 Å². The first kappa shape index (κ1) is 29.8. The van der Waals surface area contributed by atoms with Gasteiger partial charge in [0.15, 0.2) is 0 Å².